The van der Waals surface area contributed by atoms with Crippen LogP contribution in [0.1, 0.15) is 11.3 Å². The summed E-state index contributed by atoms with van der Waals surface area (Å²) in [5, 5.41) is 23.1. The second kappa shape index (κ2) is 9.56. The molecule has 3 aromatic rings. The molecule has 0 atom stereocenters. The van der Waals surface area contributed by atoms with Crippen LogP contribution in [0.2, 0.25) is 0 Å². The number of nitrogens with one attached hydrogen (secondary N) is 3. The van der Waals surface area contributed by atoms with Gasteiger partial charge in [-0.25, -0.2) is 0 Å². The molecule has 1 aromatic carbocycles. The van der Waals surface area contributed by atoms with Crippen LogP contribution in [0, 0.1) is 11.3 Å². The zero-order valence-corrected chi connectivity index (χ0v) is 17.0. The topological polar surface area (TPSA) is 89.0 Å². The van der Waals surface area contributed by atoms with Gasteiger partial charge in [0.25, 0.3) is 0 Å². The highest BCUT2D eigenvalue weighted by Crippen LogP contribution is 2.28. The smallest absolute Gasteiger partial charge is 0.152 e. The van der Waals surface area contributed by atoms with Crippen LogP contribution in [0.15, 0.2) is 42.5 Å². The number of anilines is 3. The first-order valence-electron chi connectivity index (χ1n) is 9.77. The van der Waals surface area contributed by atoms with Gasteiger partial charge in [0.2, 0.25) is 0 Å². The maximum atomic E-state index is 8.96. The molecule has 0 amide bonds. The number of H-pyrrole nitrogens is 1. The van der Waals surface area contributed by atoms with Crippen molar-refractivity contribution in [3.63, 3.8) is 0 Å². The Hall–Kier alpha value is -2.86. The van der Waals surface area contributed by atoms with Gasteiger partial charge in [0.15, 0.2) is 5.82 Å². The highest BCUT2D eigenvalue weighted by molar-refractivity contribution is 7.15. The number of morpholine rings is 1. The average Bonchev–Trinajstić information content (AvgIpc) is 3.42. The zero-order valence-electron chi connectivity index (χ0n) is 16.1. The van der Waals surface area contributed by atoms with Gasteiger partial charge in [0, 0.05) is 37.1 Å². The molecule has 1 saturated heterocycles. The second-order valence-corrected chi connectivity index (χ2v) is 7.96. The maximum absolute atomic E-state index is 8.96. The Labute approximate surface area is 174 Å². The van der Waals surface area contributed by atoms with E-state index in [0.29, 0.717) is 4.88 Å². The Morgan fingerprint density at radius 1 is 1.14 bits per heavy atom. The summed E-state index contributed by atoms with van der Waals surface area (Å²) in [6, 6.07) is 16.1. The first-order valence-corrected chi connectivity index (χ1v) is 10.6. The van der Waals surface area contributed by atoms with E-state index in [1.807, 2.05) is 30.3 Å². The quantitative estimate of drug-likeness (QED) is 0.490. The SMILES string of the molecule is N#Cc1ccc(-c2cc(Nc3ccc(NCCCN4CCOCC4)cc3)n[nH]2)s1. The Bertz CT molecular complexity index is 952. The van der Waals surface area contributed by atoms with Crippen LogP contribution in [-0.2, 0) is 4.74 Å². The highest BCUT2D eigenvalue weighted by Gasteiger charge is 2.09. The van der Waals surface area contributed by atoms with Crippen molar-refractivity contribution < 1.29 is 4.74 Å². The minimum Gasteiger partial charge on any atom is -0.385 e. The molecule has 3 heterocycles. The largest absolute Gasteiger partial charge is 0.385 e. The van der Waals surface area contributed by atoms with Crippen molar-refractivity contribution in [2.45, 2.75) is 6.42 Å². The summed E-state index contributed by atoms with van der Waals surface area (Å²) in [7, 11) is 0. The highest BCUT2D eigenvalue weighted by atomic mass is 32.1. The molecule has 1 fully saturated rings. The third kappa shape index (κ3) is 5.35. The number of nitriles is 1. The molecule has 2 aromatic heterocycles. The van der Waals surface area contributed by atoms with Crippen LogP contribution in [-0.4, -0.2) is 54.5 Å². The first kappa shape index (κ1) is 19.5. The van der Waals surface area contributed by atoms with Crippen molar-refractivity contribution in [3.05, 3.63) is 47.3 Å². The fourth-order valence-corrected chi connectivity index (χ4v) is 4.00. The lowest BCUT2D eigenvalue weighted by atomic mass is 10.2. The normalized spacial score (nSPS) is 14.4. The van der Waals surface area contributed by atoms with Crippen LogP contribution >= 0.6 is 11.3 Å². The van der Waals surface area contributed by atoms with Crippen molar-refractivity contribution in [3.8, 4) is 16.6 Å². The van der Waals surface area contributed by atoms with E-state index in [1.54, 1.807) is 0 Å². The minimum absolute atomic E-state index is 0.692. The van der Waals surface area contributed by atoms with E-state index in [0.717, 1.165) is 73.6 Å². The van der Waals surface area contributed by atoms with Crippen molar-refractivity contribution in [2.24, 2.45) is 0 Å². The standard InChI is InChI=1S/C21H24N6OS/c22-15-18-6-7-20(29-18)19-14-21(26-25-19)24-17-4-2-16(3-5-17)23-8-1-9-27-10-12-28-13-11-27/h2-7,14,23H,1,8-13H2,(H2,24,25,26). The third-order valence-corrected chi connectivity index (χ3v) is 5.82. The summed E-state index contributed by atoms with van der Waals surface area (Å²) in [6.07, 6.45) is 1.12. The number of nitrogens with zero attached hydrogens (tertiary/aromatic N) is 3. The van der Waals surface area contributed by atoms with Crippen LogP contribution < -0.4 is 10.6 Å². The van der Waals surface area contributed by atoms with Crippen LogP contribution in [0.3, 0.4) is 0 Å². The molecule has 0 bridgehead atoms. The molecule has 0 aliphatic carbocycles. The molecule has 4 rings (SSSR count). The predicted octanol–water partition coefficient (Wildman–Crippen LogP) is 3.89. The van der Waals surface area contributed by atoms with E-state index >= 15 is 0 Å². The van der Waals surface area contributed by atoms with Gasteiger partial charge >= 0.3 is 0 Å². The predicted molar refractivity (Wildman–Crippen MR) is 117 cm³/mol. The molecule has 150 valence electrons. The number of aromatic nitrogens is 2. The number of ether oxygens (including phenoxy) is 1. The van der Waals surface area contributed by atoms with Crippen LogP contribution in [0.5, 0.6) is 0 Å². The Kier molecular flexibility index (Phi) is 6.42. The van der Waals surface area contributed by atoms with Gasteiger partial charge in [0.1, 0.15) is 10.9 Å². The zero-order chi connectivity index (χ0) is 19.9. The molecule has 7 nitrogen and oxygen atoms in total. The Balaban J connectivity index is 1.24. The van der Waals surface area contributed by atoms with Gasteiger partial charge in [-0.2, -0.15) is 10.4 Å². The number of aromatic amines is 1. The summed E-state index contributed by atoms with van der Waals surface area (Å²) in [5.74, 6) is 0.748. The summed E-state index contributed by atoms with van der Waals surface area (Å²) in [6.45, 7) is 5.86. The summed E-state index contributed by atoms with van der Waals surface area (Å²) in [5.41, 5.74) is 2.99. The van der Waals surface area contributed by atoms with E-state index < -0.39 is 0 Å². The Morgan fingerprint density at radius 2 is 1.93 bits per heavy atom. The number of hydrogen-bond donors (Lipinski definition) is 3. The molecule has 0 saturated carbocycles. The number of rotatable bonds is 8. The van der Waals surface area contributed by atoms with Gasteiger partial charge < -0.3 is 15.4 Å². The van der Waals surface area contributed by atoms with Gasteiger partial charge in [-0.3, -0.25) is 10.00 Å². The molecule has 3 N–H and O–H groups in total. The van der Waals surface area contributed by atoms with Crippen LogP contribution in [0.25, 0.3) is 10.6 Å². The lowest BCUT2D eigenvalue weighted by Crippen LogP contribution is -2.37. The van der Waals surface area contributed by atoms with E-state index in [-0.39, 0.29) is 0 Å². The molecule has 0 spiro atoms. The summed E-state index contributed by atoms with van der Waals surface area (Å²) >= 11 is 1.45. The van der Waals surface area contributed by atoms with E-state index in [4.69, 9.17) is 10.00 Å². The maximum Gasteiger partial charge on any atom is 0.152 e. The average molecular weight is 409 g/mol. The van der Waals surface area contributed by atoms with E-state index in [1.165, 1.54) is 11.3 Å². The van der Waals surface area contributed by atoms with E-state index in [9.17, 15) is 0 Å². The van der Waals surface area contributed by atoms with Crippen molar-refractivity contribution in [1.29, 1.82) is 5.26 Å². The fraction of sp³-hybridized carbons (Fsp3) is 0.333. The van der Waals surface area contributed by atoms with E-state index in [2.05, 4.69) is 43.9 Å². The summed E-state index contributed by atoms with van der Waals surface area (Å²) < 4.78 is 5.38. The molecule has 1 aliphatic heterocycles. The monoisotopic (exact) mass is 408 g/mol. The molecular weight excluding hydrogens is 384 g/mol. The molecule has 1 aliphatic rings. The molecule has 8 heteroatoms. The lowest BCUT2D eigenvalue weighted by molar-refractivity contribution is 0.0378. The van der Waals surface area contributed by atoms with Gasteiger partial charge in [-0.15, -0.1) is 11.3 Å². The first-order chi connectivity index (χ1) is 14.3. The number of hydrogen-bond acceptors (Lipinski definition) is 7. The Morgan fingerprint density at radius 3 is 2.69 bits per heavy atom. The van der Waals surface area contributed by atoms with Crippen molar-refractivity contribution >= 4 is 28.5 Å². The molecule has 0 unspecified atom stereocenters. The van der Waals surface area contributed by atoms with Gasteiger partial charge in [-0.1, -0.05) is 0 Å². The fourth-order valence-electron chi connectivity index (χ4n) is 3.23. The molecule has 29 heavy (non-hydrogen) atoms. The van der Waals surface area contributed by atoms with Gasteiger partial charge in [-0.05, 0) is 49.4 Å². The van der Waals surface area contributed by atoms with Gasteiger partial charge in [0.05, 0.1) is 23.8 Å². The lowest BCUT2D eigenvalue weighted by Gasteiger charge is -2.26. The number of benzene rings is 1. The minimum atomic E-state index is 0.692. The molecule has 0 radical (unpaired) electrons. The second-order valence-electron chi connectivity index (χ2n) is 6.88. The third-order valence-electron chi connectivity index (χ3n) is 4.80. The van der Waals surface area contributed by atoms with Crippen molar-refractivity contribution in [1.82, 2.24) is 15.1 Å². The summed E-state index contributed by atoms with van der Waals surface area (Å²) in [4.78, 5) is 4.14. The van der Waals surface area contributed by atoms with Crippen LogP contribution in [0.4, 0.5) is 17.2 Å². The number of thiophene rings is 1. The van der Waals surface area contributed by atoms with Crippen molar-refractivity contribution in [2.75, 3.05) is 50.0 Å². The molecular formula is C21H24N6OS.